The summed E-state index contributed by atoms with van der Waals surface area (Å²) in [4.78, 5) is 13.0. The Morgan fingerprint density at radius 2 is 2.00 bits per heavy atom. The van der Waals surface area contributed by atoms with Gasteiger partial charge in [-0.05, 0) is 36.3 Å². The summed E-state index contributed by atoms with van der Waals surface area (Å²) in [6, 6.07) is 9.65. The first kappa shape index (κ1) is 16.8. The van der Waals surface area contributed by atoms with Gasteiger partial charge in [0.2, 0.25) is 5.88 Å². The molecule has 3 aromatic rings. The minimum atomic E-state index is -0.339. The minimum Gasteiger partial charge on any atom is -0.476 e. The highest BCUT2D eigenvalue weighted by Crippen LogP contribution is 2.17. The highest BCUT2D eigenvalue weighted by atomic mass is 19.1. The molecule has 0 atom stereocenters. The van der Waals surface area contributed by atoms with Gasteiger partial charge in [0.1, 0.15) is 11.3 Å². The molecule has 5 nitrogen and oxygen atoms in total. The maximum atomic E-state index is 13.3. The molecule has 25 heavy (non-hydrogen) atoms. The van der Waals surface area contributed by atoms with E-state index < -0.39 is 0 Å². The van der Waals surface area contributed by atoms with Gasteiger partial charge in [0.05, 0.1) is 6.61 Å². The molecule has 0 aliphatic carbocycles. The first-order valence-electron chi connectivity index (χ1n) is 7.78. The van der Waals surface area contributed by atoms with Crippen molar-refractivity contribution >= 4 is 11.2 Å². The van der Waals surface area contributed by atoms with Crippen LogP contribution in [0.25, 0.3) is 11.2 Å². The van der Waals surface area contributed by atoms with Crippen molar-refractivity contribution in [3.05, 3.63) is 59.7 Å². The van der Waals surface area contributed by atoms with Crippen LogP contribution in [0.4, 0.5) is 4.39 Å². The summed E-state index contributed by atoms with van der Waals surface area (Å²) in [7, 11) is 1.64. The summed E-state index contributed by atoms with van der Waals surface area (Å²) in [5.41, 5.74) is 2.02. The molecule has 0 radical (unpaired) electrons. The van der Waals surface area contributed by atoms with Crippen molar-refractivity contribution in [3.63, 3.8) is 0 Å². The van der Waals surface area contributed by atoms with Crippen molar-refractivity contribution in [2.75, 3.05) is 20.3 Å². The van der Waals surface area contributed by atoms with Gasteiger partial charge in [0, 0.05) is 31.9 Å². The van der Waals surface area contributed by atoms with E-state index in [0.717, 1.165) is 6.42 Å². The van der Waals surface area contributed by atoms with Gasteiger partial charge in [-0.2, -0.15) is 0 Å². The van der Waals surface area contributed by atoms with E-state index in [2.05, 4.69) is 26.8 Å². The summed E-state index contributed by atoms with van der Waals surface area (Å²) < 4.78 is 24.0. The van der Waals surface area contributed by atoms with Crippen LogP contribution in [-0.4, -0.2) is 35.3 Å². The molecule has 1 aromatic carbocycles. The maximum Gasteiger partial charge on any atom is 0.249 e. The summed E-state index contributed by atoms with van der Waals surface area (Å²) in [5.74, 6) is 5.78. The van der Waals surface area contributed by atoms with E-state index in [4.69, 9.17) is 9.47 Å². The van der Waals surface area contributed by atoms with Crippen LogP contribution >= 0.6 is 0 Å². The number of ether oxygens (including phenoxy) is 2. The third-order valence-electron chi connectivity index (χ3n) is 3.29. The Hall–Kier alpha value is -3.04. The molecular weight excluding hydrogens is 321 g/mol. The van der Waals surface area contributed by atoms with Crippen molar-refractivity contribution in [3.8, 4) is 17.7 Å². The molecule has 0 fully saturated rings. The Balaban J connectivity index is 1.93. The lowest BCUT2D eigenvalue weighted by atomic mass is 10.2. The quantitative estimate of drug-likeness (QED) is 0.529. The number of nitrogens with zero attached hydrogens (tertiary/aromatic N) is 3. The standard InChI is InChI=1S/C19H16FN3O2/c1-24-11-4-12-25-19-17(9-8-14-5-2-6-15(20)13-14)22-18-16(23-19)7-3-10-21-18/h2-3,5-7,10,13H,4,11-12H2,1H3. The molecular formula is C19H16FN3O2. The van der Waals surface area contributed by atoms with E-state index in [-0.39, 0.29) is 5.82 Å². The monoisotopic (exact) mass is 337 g/mol. The summed E-state index contributed by atoms with van der Waals surface area (Å²) in [5, 5.41) is 0. The topological polar surface area (TPSA) is 57.1 Å². The Kier molecular flexibility index (Phi) is 5.50. The fourth-order valence-electron chi connectivity index (χ4n) is 2.13. The highest BCUT2D eigenvalue weighted by Gasteiger charge is 2.09. The molecule has 3 rings (SSSR count). The van der Waals surface area contributed by atoms with Gasteiger partial charge in [-0.1, -0.05) is 12.0 Å². The van der Waals surface area contributed by atoms with Crippen LogP contribution in [0.2, 0.25) is 0 Å². The number of halogens is 1. The van der Waals surface area contributed by atoms with Gasteiger partial charge in [0.15, 0.2) is 11.3 Å². The Bertz CT molecular complexity index is 935. The van der Waals surface area contributed by atoms with Crippen LogP contribution < -0.4 is 4.74 Å². The van der Waals surface area contributed by atoms with Gasteiger partial charge >= 0.3 is 0 Å². The lowest BCUT2D eigenvalue weighted by molar-refractivity contribution is 0.170. The first-order valence-corrected chi connectivity index (χ1v) is 7.78. The summed E-state index contributed by atoms with van der Waals surface area (Å²) >= 11 is 0. The number of methoxy groups -OCH3 is 1. The molecule has 0 N–H and O–H groups in total. The third kappa shape index (κ3) is 4.49. The molecule has 0 aliphatic rings. The fourth-order valence-corrected chi connectivity index (χ4v) is 2.13. The second-order valence-electron chi connectivity index (χ2n) is 5.18. The Morgan fingerprint density at radius 3 is 2.84 bits per heavy atom. The lowest BCUT2D eigenvalue weighted by Gasteiger charge is -2.07. The van der Waals surface area contributed by atoms with Crippen LogP contribution in [0.15, 0.2) is 42.6 Å². The van der Waals surface area contributed by atoms with Gasteiger partial charge in [-0.3, -0.25) is 0 Å². The predicted octanol–water partition coefficient (Wildman–Crippen LogP) is 2.98. The molecule has 126 valence electrons. The molecule has 0 saturated carbocycles. The summed E-state index contributed by atoms with van der Waals surface area (Å²) in [6.45, 7) is 1.02. The van der Waals surface area contributed by atoms with Crippen LogP contribution in [-0.2, 0) is 4.74 Å². The third-order valence-corrected chi connectivity index (χ3v) is 3.29. The molecule has 0 bridgehead atoms. The predicted molar refractivity (Wildman–Crippen MR) is 91.7 cm³/mol. The van der Waals surface area contributed by atoms with E-state index in [0.29, 0.717) is 41.5 Å². The van der Waals surface area contributed by atoms with Gasteiger partial charge in [0.25, 0.3) is 0 Å². The zero-order chi connectivity index (χ0) is 17.5. The molecule has 2 heterocycles. The largest absolute Gasteiger partial charge is 0.476 e. The van der Waals surface area contributed by atoms with Crippen molar-refractivity contribution in [2.24, 2.45) is 0 Å². The second kappa shape index (κ2) is 8.18. The van der Waals surface area contributed by atoms with Crippen LogP contribution in [0.5, 0.6) is 5.88 Å². The Morgan fingerprint density at radius 1 is 1.08 bits per heavy atom. The smallest absolute Gasteiger partial charge is 0.249 e. The van der Waals surface area contributed by atoms with Crippen LogP contribution in [0.3, 0.4) is 0 Å². The average molecular weight is 337 g/mol. The number of rotatable bonds is 5. The molecule has 0 amide bonds. The number of benzene rings is 1. The second-order valence-corrected chi connectivity index (χ2v) is 5.18. The molecule has 0 spiro atoms. The van der Waals surface area contributed by atoms with Crippen molar-refractivity contribution in [1.82, 2.24) is 15.0 Å². The zero-order valence-corrected chi connectivity index (χ0v) is 13.7. The van der Waals surface area contributed by atoms with E-state index >= 15 is 0 Å². The molecule has 0 saturated heterocycles. The molecule has 2 aromatic heterocycles. The van der Waals surface area contributed by atoms with E-state index in [1.165, 1.54) is 12.1 Å². The normalized spacial score (nSPS) is 10.3. The van der Waals surface area contributed by atoms with Crippen molar-refractivity contribution in [2.45, 2.75) is 6.42 Å². The van der Waals surface area contributed by atoms with E-state index in [9.17, 15) is 4.39 Å². The first-order chi connectivity index (χ1) is 12.3. The molecule has 0 aliphatic heterocycles. The van der Waals surface area contributed by atoms with Crippen molar-refractivity contribution < 1.29 is 13.9 Å². The fraction of sp³-hybridized carbons (Fsp3) is 0.211. The lowest BCUT2D eigenvalue weighted by Crippen LogP contribution is -2.05. The minimum absolute atomic E-state index is 0.334. The highest BCUT2D eigenvalue weighted by molar-refractivity contribution is 5.71. The van der Waals surface area contributed by atoms with Crippen LogP contribution in [0, 0.1) is 17.7 Å². The molecule has 6 heteroatoms. The van der Waals surface area contributed by atoms with Gasteiger partial charge < -0.3 is 9.47 Å². The number of pyridine rings is 1. The van der Waals surface area contributed by atoms with Gasteiger partial charge in [-0.25, -0.2) is 19.3 Å². The van der Waals surface area contributed by atoms with E-state index in [1.54, 1.807) is 37.6 Å². The number of aromatic nitrogens is 3. The number of fused-ring (bicyclic) bond motifs is 1. The summed E-state index contributed by atoms with van der Waals surface area (Å²) in [6.07, 6.45) is 2.36. The SMILES string of the molecule is COCCCOc1nc2cccnc2nc1C#Cc1cccc(F)c1. The van der Waals surface area contributed by atoms with Crippen molar-refractivity contribution in [1.29, 1.82) is 0 Å². The number of hydrogen-bond donors (Lipinski definition) is 0. The van der Waals surface area contributed by atoms with Crippen LogP contribution in [0.1, 0.15) is 17.7 Å². The van der Waals surface area contributed by atoms with E-state index in [1.807, 2.05) is 0 Å². The zero-order valence-electron chi connectivity index (χ0n) is 13.7. The molecule has 0 unspecified atom stereocenters. The van der Waals surface area contributed by atoms with Gasteiger partial charge in [-0.15, -0.1) is 0 Å². The number of hydrogen-bond acceptors (Lipinski definition) is 5. The maximum absolute atomic E-state index is 13.3. The Labute approximate surface area is 144 Å². The average Bonchev–Trinajstić information content (AvgIpc) is 2.63.